The molecule has 2 aromatic rings. The van der Waals surface area contributed by atoms with Crippen LogP contribution in [-0.2, 0) is 0 Å². The van der Waals surface area contributed by atoms with E-state index in [4.69, 9.17) is 5.73 Å². The molecular formula is C12H14N4. The second-order valence-corrected chi connectivity index (χ2v) is 3.70. The van der Waals surface area contributed by atoms with Crippen molar-refractivity contribution < 1.29 is 0 Å². The zero-order valence-electron chi connectivity index (χ0n) is 9.36. The highest BCUT2D eigenvalue weighted by molar-refractivity contribution is 5.70. The van der Waals surface area contributed by atoms with Crippen LogP contribution < -0.4 is 11.1 Å². The second-order valence-electron chi connectivity index (χ2n) is 3.70. The van der Waals surface area contributed by atoms with Crippen LogP contribution in [0.1, 0.15) is 11.3 Å². The maximum atomic E-state index is 5.91. The topological polar surface area (TPSA) is 63.8 Å². The normalized spacial score (nSPS) is 10.1. The van der Waals surface area contributed by atoms with E-state index in [2.05, 4.69) is 15.3 Å². The van der Waals surface area contributed by atoms with Crippen LogP contribution in [0.15, 0.2) is 30.6 Å². The lowest BCUT2D eigenvalue weighted by atomic mass is 10.2. The smallest absolute Gasteiger partial charge is 0.153 e. The average molecular weight is 214 g/mol. The number of aromatic nitrogens is 2. The molecule has 0 radical (unpaired) electrons. The van der Waals surface area contributed by atoms with E-state index < -0.39 is 0 Å². The van der Waals surface area contributed by atoms with E-state index >= 15 is 0 Å². The summed E-state index contributed by atoms with van der Waals surface area (Å²) in [6.07, 6.45) is 3.49. The Balaban J connectivity index is 2.27. The summed E-state index contributed by atoms with van der Waals surface area (Å²) >= 11 is 0. The van der Waals surface area contributed by atoms with Gasteiger partial charge in [0.15, 0.2) is 5.82 Å². The first-order chi connectivity index (χ1) is 7.66. The summed E-state index contributed by atoms with van der Waals surface area (Å²) in [7, 11) is 0. The van der Waals surface area contributed by atoms with Gasteiger partial charge in [-0.3, -0.25) is 4.98 Å². The Bertz CT molecular complexity index is 491. The van der Waals surface area contributed by atoms with Crippen molar-refractivity contribution in [1.29, 1.82) is 0 Å². The molecule has 2 aromatic heterocycles. The second kappa shape index (κ2) is 4.18. The van der Waals surface area contributed by atoms with Crippen molar-refractivity contribution in [2.24, 2.45) is 0 Å². The molecule has 82 valence electrons. The number of nitrogen functional groups attached to an aromatic ring is 1. The number of aryl methyl sites for hydroxylation is 2. The molecule has 0 bridgehead atoms. The Morgan fingerprint density at radius 2 is 1.94 bits per heavy atom. The predicted octanol–water partition coefficient (Wildman–Crippen LogP) is 2.42. The van der Waals surface area contributed by atoms with Crippen LogP contribution in [0.2, 0.25) is 0 Å². The molecule has 0 aliphatic carbocycles. The van der Waals surface area contributed by atoms with Crippen molar-refractivity contribution in [2.75, 3.05) is 11.1 Å². The van der Waals surface area contributed by atoms with Gasteiger partial charge in [0.2, 0.25) is 0 Å². The summed E-state index contributed by atoms with van der Waals surface area (Å²) in [4.78, 5) is 8.39. The Morgan fingerprint density at radius 1 is 1.12 bits per heavy atom. The predicted molar refractivity (Wildman–Crippen MR) is 65.6 cm³/mol. The maximum Gasteiger partial charge on any atom is 0.153 e. The van der Waals surface area contributed by atoms with Crippen molar-refractivity contribution in [2.45, 2.75) is 13.8 Å². The van der Waals surface area contributed by atoms with Gasteiger partial charge in [-0.1, -0.05) is 0 Å². The molecule has 0 saturated carbocycles. The van der Waals surface area contributed by atoms with Gasteiger partial charge >= 0.3 is 0 Å². The van der Waals surface area contributed by atoms with Crippen LogP contribution in [0, 0.1) is 13.8 Å². The summed E-state index contributed by atoms with van der Waals surface area (Å²) < 4.78 is 0. The summed E-state index contributed by atoms with van der Waals surface area (Å²) in [6, 6.07) is 5.77. The van der Waals surface area contributed by atoms with E-state index in [1.165, 1.54) is 0 Å². The van der Waals surface area contributed by atoms with E-state index in [0.717, 1.165) is 16.9 Å². The Labute approximate surface area is 94.5 Å². The first-order valence-corrected chi connectivity index (χ1v) is 5.07. The van der Waals surface area contributed by atoms with Gasteiger partial charge in [-0.25, -0.2) is 4.98 Å². The molecule has 3 N–H and O–H groups in total. The van der Waals surface area contributed by atoms with Gasteiger partial charge in [-0.15, -0.1) is 0 Å². The maximum absolute atomic E-state index is 5.91. The third-order valence-corrected chi connectivity index (χ3v) is 2.38. The van der Waals surface area contributed by atoms with E-state index in [1.807, 2.05) is 32.0 Å². The van der Waals surface area contributed by atoms with Gasteiger partial charge in [-0.05, 0) is 37.6 Å². The minimum absolute atomic E-state index is 0.670. The van der Waals surface area contributed by atoms with E-state index in [-0.39, 0.29) is 0 Å². The SMILES string of the molecule is Cc1ccc(Nc2nccc(C)c2N)cn1. The first-order valence-electron chi connectivity index (χ1n) is 5.07. The molecule has 2 rings (SSSR count). The van der Waals surface area contributed by atoms with Crippen molar-refractivity contribution in [1.82, 2.24) is 9.97 Å². The quantitative estimate of drug-likeness (QED) is 0.805. The molecule has 4 nitrogen and oxygen atoms in total. The number of nitrogens with one attached hydrogen (secondary N) is 1. The Hall–Kier alpha value is -2.10. The number of rotatable bonds is 2. The summed E-state index contributed by atoms with van der Waals surface area (Å²) in [6.45, 7) is 3.90. The number of hydrogen-bond donors (Lipinski definition) is 2. The molecule has 0 aromatic carbocycles. The van der Waals surface area contributed by atoms with Gasteiger partial charge in [0.05, 0.1) is 17.6 Å². The number of pyridine rings is 2. The molecular weight excluding hydrogens is 200 g/mol. The molecule has 2 heterocycles. The summed E-state index contributed by atoms with van der Waals surface area (Å²) in [5, 5.41) is 3.14. The van der Waals surface area contributed by atoms with Gasteiger partial charge in [0.1, 0.15) is 0 Å². The van der Waals surface area contributed by atoms with Crippen molar-refractivity contribution >= 4 is 17.2 Å². The molecule has 0 saturated heterocycles. The minimum Gasteiger partial charge on any atom is -0.396 e. The molecule has 0 amide bonds. The van der Waals surface area contributed by atoms with E-state index in [1.54, 1.807) is 12.4 Å². The zero-order chi connectivity index (χ0) is 11.5. The molecule has 0 unspecified atom stereocenters. The average Bonchev–Trinajstić information content (AvgIpc) is 2.28. The highest BCUT2D eigenvalue weighted by atomic mass is 15.0. The largest absolute Gasteiger partial charge is 0.396 e. The fourth-order valence-corrected chi connectivity index (χ4v) is 1.35. The number of nitrogens with two attached hydrogens (primary N) is 1. The van der Waals surface area contributed by atoms with Crippen LogP contribution >= 0.6 is 0 Å². The Kier molecular flexibility index (Phi) is 2.72. The van der Waals surface area contributed by atoms with Gasteiger partial charge in [-0.2, -0.15) is 0 Å². The molecule has 0 aliphatic rings. The lowest BCUT2D eigenvalue weighted by Gasteiger charge is -2.09. The van der Waals surface area contributed by atoms with Crippen LogP contribution in [0.25, 0.3) is 0 Å². The fourth-order valence-electron chi connectivity index (χ4n) is 1.35. The van der Waals surface area contributed by atoms with Crippen LogP contribution in [0.5, 0.6) is 0 Å². The van der Waals surface area contributed by atoms with Crippen LogP contribution in [0.3, 0.4) is 0 Å². The molecule has 0 atom stereocenters. The van der Waals surface area contributed by atoms with Gasteiger partial charge in [0.25, 0.3) is 0 Å². The summed E-state index contributed by atoms with van der Waals surface area (Å²) in [5.41, 5.74) is 9.46. The van der Waals surface area contributed by atoms with E-state index in [9.17, 15) is 0 Å². The number of nitrogens with zero attached hydrogens (tertiary/aromatic N) is 2. The highest BCUT2D eigenvalue weighted by Gasteiger charge is 2.03. The van der Waals surface area contributed by atoms with Crippen LogP contribution in [-0.4, -0.2) is 9.97 Å². The van der Waals surface area contributed by atoms with E-state index in [0.29, 0.717) is 11.5 Å². The first kappa shape index (κ1) is 10.4. The standard InChI is InChI=1S/C12H14N4/c1-8-5-6-14-12(11(8)13)16-10-4-3-9(2)15-7-10/h3-7H,13H2,1-2H3,(H,14,16). The van der Waals surface area contributed by atoms with Crippen molar-refractivity contribution in [3.8, 4) is 0 Å². The van der Waals surface area contributed by atoms with Crippen molar-refractivity contribution in [3.63, 3.8) is 0 Å². The molecule has 16 heavy (non-hydrogen) atoms. The summed E-state index contributed by atoms with van der Waals surface area (Å²) in [5.74, 6) is 0.672. The zero-order valence-corrected chi connectivity index (χ0v) is 9.36. The third kappa shape index (κ3) is 2.11. The number of anilines is 3. The van der Waals surface area contributed by atoms with Gasteiger partial charge < -0.3 is 11.1 Å². The minimum atomic E-state index is 0.670. The lowest BCUT2D eigenvalue weighted by molar-refractivity contribution is 1.19. The highest BCUT2D eigenvalue weighted by Crippen LogP contribution is 2.22. The Morgan fingerprint density at radius 3 is 2.62 bits per heavy atom. The van der Waals surface area contributed by atoms with Crippen LogP contribution in [0.4, 0.5) is 17.2 Å². The molecule has 0 spiro atoms. The monoisotopic (exact) mass is 214 g/mol. The van der Waals surface area contributed by atoms with Crippen molar-refractivity contribution in [3.05, 3.63) is 41.9 Å². The molecule has 0 aliphatic heterocycles. The lowest BCUT2D eigenvalue weighted by Crippen LogP contribution is -2.01. The molecule has 4 heteroatoms. The van der Waals surface area contributed by atoms with Gasteiger partial charge in [0, 0.05) is 11.9 Å². The fraction of sp³-hybridized carbons (Fsp3) is 0.167. The third-order valence-electron chi connectivity index (χ3n) is 2.38. The molecule has 0 fully saturated rings. The number of hydrogen-bond acceptors (Lipinski definition) is 4.